The van der Waals surface area contributed by atoms with E-state index in [0.717, 1.165) is 6.08 Å². The Morgan fingerprint density at radius 3 is 2.21 bits per heavy atom. The van der Waals surface area contributed by atoms with Crippen LogP contribution in [0.25, 0.3) is 0 Å². The second-order valence-electron chi connectivity index (χ2n) is 2.44. The van der Waals surface area contributed by atoms with E-state index in [1.54, 1.807) is 0 Å². The summed E-state index contributed by atoms with van der Waals surface area (Å²) in [6, 6.07) is 0.948. The molecule has 1 rings (SSSR count). The molecule has 0 saturated carbocycles. The zero-order valence-electron chi connectivity index (χ0n) is 6.98. The van der Waals surface area contributed by atoms with Crippen molar-refractivity contribution in [3.63, 3.8) is 0 Å². The second kappa shape index (κ2) is 3.95. The standard InChI is InChI=1S/C9H6F3NO/c1-2-8(14)13-9-6(11)3-5(10)4-7(9)12/h2-4H,1H2,(H,13,14). The lowest BCUT2D eigenvalue weighted by Crippen LogP contribution is -2.10. The summed E-state index contributed by atoms with van der Waals surface area (Å²) in [5, 5.41) is 1.88. The number of carbonyl (C=O) groups is 1. The van der Waals surface area contributed by atoms with E-state index in [1.165, 1.54) is 0 Å². The van der Waals surface area contributed by atoms with Crippen LogP contribution in [0.4, 0.5) is 18.9 Å². The molecule has 0 aromatic heterocycles. The third-order valence-corrected chi connectivity index (χ3v) is 1.44. The van der Waals surface area contributed by atoms with Gasteiger partial charge in [-0.25, -0.2) is 13.2 Å². The number of halogens is 3. The number of hydrogen-bond acceptors (Lipinski definition) is 1. The lowest BCUT2D eigenvalue weighted by atomic mass is 10.2. The van der Waals surface area contributed by atoms with Crippen LogP contribution in [0.1, 0.15) is 0 Å². The van der Waals surface area contributed by atoms with Crippen LogP contribution in [0.2, 0.25) is 0 Å². The molecule has 0 unspecified atom stereocenters. The molecule has 0 aliphatic rings. The van der Waals surface area contributed by atoms with Gasteiger partial charge in [0.2, 0.25) is 5.91 Å². The first kappa shape index (κ1) is 10.3. The lowest BCUT2D eigenvalue weighted by Gasteiger charge is -2.04. The Morgan fingerprint density at radius 1 is 1.29 bits per heavy atom. The third-order valence-electron chi connectivity index (χ3n) is 1.44. The zero-order valence-corrected chi connectivity index (χ0v) is 6.98. The van der Waals surface area contributed by atoms with E-state index in [-0.39, 0.29) is 0 Å². The fraction of sp³-hybridized carbons (Fsp3) is 0. The predicted molar refractivity (Wildman–Crippen MR) is 45.1 cm³/mol. The van der Waals surface area contributed by atoms with Crippen molar-refractivity contribution in [2.45, 2.75) is 0 Å². The van der Waals surface area contributed by atoms with Gasteiger partial charge in [-0.05, 0) is 6.08 Å². The highest BCUT2D eigenvalue weighted by Gasteiger charge is 2.12. The molecule has 1 aromatic rings. The van der Waals surface area contributed by atoms with Crippen molar-refractivity contribution < 1.29 is 18.0 Å². The average Bonchev–Trinajstić information content (AvgIpc) is 2.10. The SMILES string of the molecule is C=CC(=O)Nc1c(F)cc(F)cc1F. The number of benzene rings is 1. The maximum Gasteiger partial charge on any atom is 0.247 e. The molecule has 0 heterocycles. The zero-order chi connectivity index (χ0) is 10.7. The first-order valence-corrected chi connectivity index (χ1v) is 3.62. The van der Waals surface area contributed by atoms with Crippen molar-refractivity contribution in [2.24, 2.45) is 0 Å². The van der Waals surface area contributed by atoms with E-state index in [2.05, 4.69) is 6.58 Å². The Hall–Kier alpha value is -1.78. The Bertz CT molecular complexity index is 367. The Labute approximate surface area is 78.0 Å². The number of rotatable bonds is 2. The molecular formula is C9H6F3NO. The Morgan fingerprint density at radius 2 is 1.79 bits per heavy atom. The minimum Gasteiger partial charge on any atom is -0.318 e. The lowest BCUT2D eigenvalue weighted by molar-refractivity contribution is -0.111. The molecule has 74 valence electrons. The highest BCUT2D eigenvalue weighted by molar-refractivity contribution is 5.99. The highest BCUT2D eigenvalue weighted by atomic mass is 19.1. The smallest absolute Gasteiger partial charge is 0.247 e. The van der Waals surface area contributed by atoms with E-state index >= 15 is 0 Å². The summed E-state index contributed by atoms with van der Waals surface area (Å²) >= 11 is 0. The summed E-state index contributed by atoms with van der Waals surface area (Å²) in [5.41, 5.74) is -0.684. The van der Waals surface area contributed by atoms with Crippen molar-refractivity contribution in [3.8, 4) is 0 Å². The molecule has 0 fully saturated rings. The molecule has 1 amide bonds. The summed E-state index contributed by atoms with van der Waals surface area (Å²) in [7, 11) is 0. The normalized spacial score (nSPS) is 9.64. The fourth-order valence-electron chi connectivity index (χ4n) is 0.836. The Balaban J connectivity index is 3.08. The number of carbonyl (C=O) groups excluding carboxylic acids is 1. The van der Waals surface area contributed by atoms with Crippen molar-refractivity contribution in [1.29, 1.82) is 0 Å². The molecule has 0 radical (unpaired) electrons. The maximum absolute atomic E-state index is 12.9. The number of nitrogens with one attached hydrogen (secondary N) is 1. The molecule has 0 bridgehead atoms. The van der Waals surface area contributed by atoms with Gasteiger partial charge < -0.3 is 5.32 Å². The van der Waals surface area contributed by atoms with Gasteiger partial charge in [-0.15, -0.1) is 0 Å². The minimum absolute atomic E-state index is 0.474. The first-order valence-electron chi connectivity index (χ1n) is 3.62. The average molecular weight is 201 g/mol. The molecule has 5 heteroatoms. The third kappa shape index (κ3) is 2.12. The molecule has 1 aromatic carbocycles. The van der Waals surface area contributed by atoms with Gasteiger partial charge in [0.1, 0.15) is 11.5 Å². The quantitative estimate of drug-likeness (QED) is 0.730. The summed E-state index contributed by atoms with van der Waals surface area (Å²) in [4.78, 5) is 10.7. The van der Waals surface area contributed by atoms with E-state index < -0.39 is 29.0 Å². The molecular weight excluding hydrogens is 195 g/mol. The molecule has 0 spiro atoms. The minimum atomic E-state index is -1.17. The van der Waals surface area contributed by atoms with Crippen molar-refractivity contribution in [3.05, 3.63) is 42.2 Å². The van der Waals surface area contributed by atoms with Crippen LogP contribution >= 0.6 is 0 Å². The molecule has 0 aliphatic heterocycles. The van der Waals surface area contributed by atoms with Gasteiger partial charge in [-0.3, -0.25) is 4.79 Å². The van der Waals surface area contributed by atoms with Gasteiger partial charge in [0, 0.05) is 12.1 Å². The van der Waals surface area contributed by atoms with Crippen LogP contribution in [0.15, 0.2) is 24.8 Å². The van der Waals surface area contributed by atoms with Crippen molar-refractivity contribution in [2.75, 3.05) is 5.32 Å². The second-order valence-corrected chi connectivity index (χ2v) is 2.44. The topological polar surface area (TPSA) is 29.1 Å². The monoisotopic (exact) mass is 201 g/mol. The van der Waals surface area contributed by atoms with Crippen LogP contribution in [0, 0.1) is 17.5 Å². The van der Waals surface area contributed by atoms with E-state index in [1.807, 2.05) is 5.32 Å². The van der Waals surface area contributed by atoms with E-state index in [0.29, 0.717) is 12.1 Å². The van der Waals surface area contributed by atoms with Crippen molar-refractivity contribution >= 4 is 11.6 Å². The van der Waals surface area contributed by atoms with E-state index in [4.69, 9.17) is 0 Å². The van der Waals surface area contributed by atoms with Gasteiger partial charge >= 0.3 is 0 Å². The van der Waals surface area contributed by atoms with Gasteiger partial charge in [0.25, 0.3) is 0 Å². The summed E-state index contributed by atoms with van der Waals surface area (Å²) in [5.74, 6) is -4.15. The summed E-state index contributed by atoms with van der Waals surface area (Å²) < 4.78 is 38.2. The summed E-state index contributed by atoms with van der Waals surface area (Å²) in [6.07, 6.45) is 0.849. The molecule has 0 aliphatic carbocycles. The molecule has 0 atom stereocenters. The summed E-state index contributed by atoms with van der Waals surface area (Å²) in [6.45, 7) is 3.10. The van der Waals surface area contributed by atoms with Gasteiger partial charge in [-0.1, -0.05) is 6.58 Å². The van der Waals surface area contributed by atoms with Crippen LogP contribution in [-0.2, 0) is 4.79 Å². The highest BCUT2D eigenvalue weighted by Crippen LogP contribution is 2.19. The van der Waals surface area contributed by atoms with E-state index in [9.17, 15) is 18.0 Å². The first-order chi connectivity index (χ1) is 6.54. The number of amides is 1. The van der Waals surface area contributed by atoms with Crippen LogP contribution in [0.3, 0.4) is 0 Å². The van der Waals surface area contributed by atoms with Gasteiger partial charge in [0.05, 0.1) is 0 Å². The van der Waals surface area contributed by atoms with Gasteiger partial charge in [0.15, 0.2) is 11.6 Å². The molecule has 1 N–H and O–H groups in total. The van der Waals surface area contributed by atoms with Crippen LogP contribution in [0.5, 0.6) is 0 Å². The largest absolute Gasteiger partial charge is 0.318 e. The van der Waals surface area contributed by atoms with Crippen LogP contribution < -0.4 is 5.32 Å². The van der Waals surface area contributed by atoms with Gasteiger partial charge in [-0.2, -0.15) is 0 Å². The Kier molecular flexibility index (Phi) is 2.91. The van der Waals surface area contributed by atoms with Crippen molar-refractivity contribution in [1.82, 2.24) is 0 Å². The number of anilines is 1. The molecule has 0 saturated heterocycles. The van der Waals surface area contributed by atoms with Crippen LogP contribution in [-0.4, -0.2) is 5.91 Å². The molecule has 2 nitrogen and oxygen atoms in total. The maximum atomic E-state index is 12.9. The predicted octanol–water partition coefficient (Wildman–Crippen LogP) is 2.23. The number of hydrogen-bond donors (Lipinski definition) is 1. The fourth-order valence-corrected chi connectivity index (χ4v) is 0.836. The molecule has 14 heavy (non-hydrogen) atoms.